The molecule has 6 heteroatoms. The number of halogens is 1. The first-order valence-electron chi connectivity index (χ1n) is 5.15. The largest absolute Gasteiger partial charge is 0.352 e. The van der Waals surface area contributed by atoms with Crippen molar-refractivity contribution in [3.8, 4) is 0 Å². The van der Waals surface area contributed by atoms with Gasteiger partial charge in [0.25, 0.3) is 0 Å². The molecule has 0 radical (unpaired) electrons. The fourth-order valence-corrected chi connectivity index (χ4v) is 1.92. The minimum Gasteiger partial charge on any atom is -0.352 e. The standard InChI is InChI=1S/C10H13BrN4O/c1-8(16)14-2-4-15(5-3-14)10-7-12-9(11)6-13-10/h6-7H,2-5H2,1H3. The summed E-state index contributed by atoms with van der Waals surface area (Å²) in [6.07, 6.45) is 3.43. The number of carbonyl (C=O) groups is 1. The number of aromatic nitrogens is 2. The van der Waals surface area contributed by atoms with Crippen molar-refractivity contribution in [3.05, 3.63) is 17.0 Å². The fourth-order valence-electron chi connectivity index (χ4n) is 1.72. The second kappa shape index (κ2) is 4.78. The third-order valence-corrected chi connectivity index (χ3v) is 3.07. The van der Waals surface area contributed by atoms with Crippen LogP contribution in [0, 0.1) is 0 Å². The number of rotatable bonds is 1. The summed E-state index contributed by atoms with van der Waals surface area (Å²) in [6, 6.07) is 0. The minimum atomic E-state index is 0.140. The Kier molecular flexibility index (Phi) is 3.38. The maximum absolute atomic E-state index is 11.2. The second-order valence-corrected chi connectivity index (χ2v) is 4.50. The summed E-state index contributed by atoms with van der Waals surface area (Å²) < 4.78 is 0.735. The Morgan fingerprint density at radius 3 is 2.44 bits per heavy atom. The molecule has 1 aliphatic heterocycles. The van der Waals surface area contributed by atoms with Crippen molar-refractivity contribution >= 4 is 27.7 Å². The molecule has 1 amide bonds. The molecule has 2 heterocycles. The zero-order valence-electron chi connectivity index (χ0n) is 9.06. The van der Waals surface area contributed by atoms with Gasteiger partial charge in [-0.2, -0.15) is 0 Å². The Bertz CT molecular complexity index is 373. The first-order valence-corrected chi connectivity index (χ1v) is 5.94. The number of amides is 1. The summed E-state index contributed by atoms with van der Waals surface area (Å²) >= 11 is 3.25. The zero-order valence-corrected chi connectivity index (χ0v) is 10.6. The Hall–Kier alpha value is -1.17. The molecule has 0 saturated carbocycles. The van der Waals surface area contributed by atoms with Crippen LogP contribution in [-0.2, 0) is 4.79 Å². The molecule has 0 atom stereocenters. The molecule has 1 aliphatic rings. The molecular formula is C10H13BrN4O. The van der Waals surface area contributed by atoms with E-state index in [1.807, 2.05) is 4.90 Å². The van der Waals surface area contributed by atoms with Crippen LogP contribution in [0.1, 0.15) is 6.92 Å². The van der Waals surface area contributed by atoms with E-state index in [9.17, 15) is 4.79 Å². The first kappa shape index (κ1) is 11.3. The van der Waals surface area contributed by atoms with Crippen molar-refractivity contribution in [1.29, 1.82) is 0 Å². The Labute approximate surface area is 103 Å². The lowest BCUT2D eigenvalue weighted by Gasteiger charge is -2.34. The monoisotopic (exact) mass is 284 g/mol. The maximum atomic E-state index is 11.2. The number of nitrogens with zero attached hydrogens (tertiary/aromatic N) is 4. The Morgan fingerprint density at radius 2 is 1.94 bits per heavy atom. The van der Waals surface area contributed by atoms with Gasteiger partial charge in [0.15, 0.2) is 0 Å². The zero-order chi connectivity index (χ0) is 11.5. The summed E-state index contributed by atoms with van der Waals surface area (Å²) in [7, 11) is 0. The van der Waals surface area contributed by atoms with Gasteiger partial charge < -0.3 is 9.80 Å². The Morgan fingerprint density at radius 1 is 1.25 bits per heavy atom. The molecule has 16 heavy (non-hydrogen) atoms. The lowest BCUT2D eigenvalue weighted by Crippen LogP contribution is -2.48. The predicted molar refractivity (Wildman–Crippen MR) is 64.2 cm³/mol. The molecule has 0 aliphatic carbocycles. The first-order chi connectivity index (χ1) is 7.66. The van der Waals surface area contributed by atoms with E-state index in [4.69, 9.17) is 0 Å². The average molecular weight is 285 g/mol. The number of piperazine rings is 1. The van der Waals surface area contributed by atoms with Crippen LogP contribution in [0.3, 0.4) is 0 Å². The normalized spacial score (nSPS) is 16.4. The number of anilines is 1. The van der Waals surface area contributed by atoms with Gasteiger partial charge >= 0.3 is 0 Å². The summed E-state index contributed by atoms with van der Waals surface area (Å²) in [5.74, 6) is 1.01. The molecule has 0 aromatic carbocycles. The van der Waals surface area contributed by atoms with Crippen molar-refractivity contribution < 1.29 is 4.79 Å². The van der Waals surface area contributed by atoms with Gasteiger partial charge in [-0.15, -0.1) is 0 Å². The molecule has 1 saturated heterocycles. The molecule has 5 nitrogen and oxygen atoms in total. The molecule has 2 rings (SSSR count). The molecule has 0 spiro atoms. The van der Waals surface area contributed by atoms with Gasteiger partial charge in [0, 0.05) is 33.1 Å². The van der Waals surface area contributed by atoms with Gasteiger partial charge in [0.2, 0.25) is 5.91 Å². The van der Waals surface area contributed by atoms with Crippen molar-refractivity contribution in [2.45, 2.75) is 6.92 Å². The highest BCUT2D eigenvalue weighted by atomic mass is 79.9. The van der Waals surface area contributed by atoms with E-state index in [-0.39, 0.29) is 5.91 Å². The van der Waals surface area contributed by atoms with Crippen LogP contribution >= 0.6 is 15.9 Å². The summed E-state index contributed by atoms with van der Waals surface area (Å²) in [5, 5.41) is 0. The highest BCUT2D eigenvalue weighted by molar-refractivity contribution is 9.10. The summed E-state index contributed by atoms with van der Waals surface area (Å²) in [4.78, 5) is 23.6. The van der Waals surface area contributed by atoms with E-state index in [2.05, 4.69) is 30.8 Å². The third-order valence-electron chi connectivity index (χ3n) is 2.66. The van der Waals surface area contributed by atoms with Crippen LogP contribution in [0.15, 0.2) is 17.0 Å². The van der Waals surface area contributed by atoms with E-state index < -0.39 is 0 Å². The minimum absolute atomic E-state index is 0.140. The predicted octanol–water partition coefficient (Wildman–Crippen LogP) is 0.908. The van der Waals surface area contributed by atoms with E-state index in [0.29, 0.717) is 0 Å². The quantitative estimate of drug-likeness (QED) is 0.769. The van der Waals surface area contributed by atoms with Crippen LogP contribution in [0.2, 0.25) is 0 Å². The molecule has 86 valence electrons. The molecule has 0 unspecified atom stereocenters. The second-order valence-electron chi connectivity index (χ2n) is 3.69. The number of carbonyl (C=O) groups excluding carboxylic acids is 1. The highest BCUT2D eigenvalue weighted by Gasteiger charge is 2.19. The van der Waals surface area contributed by atoms with Crippen molar-refractivity contribution in [2.24, 2.45) is 0 Å². The maximum Gasteiger partial charge on any atom is 0.219 e. The SMILES string of the molecule is CC(=O)N1CCN(c2cnc(Br)cn2)CC1. The molecule has 0 N–H and O–H groups in total. The van der Waals surface area contributed by atoms with Crippen LogP contribution < -0.4 is 4.90 Å². The topological polar surface area (TPSA) is 49.3 Å². The van der Waals surface area contributed by atoms with E-state index >= 15 is 0 Å². The van der Waals surface area contributed by atoms with Gasteiger partial charge in [-0.1, -0.05) is 0 Å². The number of hydrogen-bond donors (Lipinski definition) is 0. The molecule has 1 aromatic heterocycles. The van der Waals surface area contributed by atoms with Crippen molar-refractivity contribution in [2.75, 3.05) is 31.1 Å². The number of hydrogen-bond acceptors (Lipinski definition) is 4. The highest BCUT2D eigenvalue weighted by Crippen LogP contribution is 2.13. The van der Waals surface area contributed by atoms with Crippen LogP contribution in [0.25, 0.3) is 0 Å². The summed E-state index contributed by atoms with van der Waals surface area (Å²) in [5.41, 5.74) is 0. The summed E-state index contributed by atoms with van der Waals surface area (Å²) in [6.45, 7) is 4.75. The van der Waals surface area contributed by atoms with Gasteiger partial charge in [-0.25, -0.2) is 9.97 Å². The van der Waals surface area contributed by atoms with E-state index in [1.165, 1.54) is 0 Å². The van der Waals surface area contributed by atoms with Crippen LogP contribution in [-0.4, -0.2) is 47.0 Å². The van der Waals surface area contributed by atoms with Crippen molar-refractivity contribution in [3.63, 3.8) is 0 Å². The lowest BCUT2D eigenvalue weighted by atomic mass is 10.3. The molecule has 1 fully saturated rings. The lowest BCUT2D eigenvalue weighted by molar-refractivity contribution is -0.129. The fraction of sp³-hybridized carbons (Fsp3) is 0.500. The van der Waals surface area contributed by atoms with Gasteiger partial charge in [0.05, 0.1) is 12.4 Å². The smallest absolute Gasteiger partial charge is 0.219 e. The van der Waals surface area contributed by atoms with Crippen LogP contribution in [0.4, 0.5) is 5.82 Å². The molecule has 0 bridgehead atoms. The van der Waals surface area contributed by atoms with E-state index in [0.717, 1.165) is 36.6 Å². The average Bonchev–Trinajstić information content (AvgIpc) is 2.30. The molecular weight excluding hydrogens is 272 g/mol. The van der Waals surface area contributed by atoms with E-state index in [1.54, 1.807) is 19.3 Å². The Balaban J connectivity index is 1.99. The van der Waals surface area contributed by atoms with Gasteiger partial charge in [-0.05, 0) is 15.9 Å². The van der Waals surface area contributed by atoms with Crippen molar-refractivity contribution in [1.82, 2.24) is 14.9 Å². The van der Waals surface area contributed by atoms with Crippen LogP contribution in [0.5, 0.6) is 0 Å². The van der Waals surface area contributed by atoms with Gasteiger partial charge in [0.1, 0.15) is 10.4 Å². The third kappa shape index (κ3) is 2.49. The molecule has 1 aromatic rings. The van der Waals surface area contributed by atoms with Gasteiger partial charge in [-0.3, -0.25) is 4.79 Å².